The minimum Gasteiger partial charge on any atom is -0.370 e. The largest absolute Gasteiger partial charge is 0.370 e. The van der Waals surface area contributed by atoms with Gasteiger partial charge in [0.15, 0.2) is 5.96 Å². The minimum absolute atomic E-state index is 0.245. The summed E-state index contributed by atoms with van der Waals surface area (Å²) in [5, 5.41) is 3.04. The highest BCUT2D eigenvalue weighted by atomic mass is 35.5. The second-order valence-electron chi connectivity index (χ2n) is 2.64. The Morgan fingerprint density at radius 1 is 1.57 bits per heavy atom. The quantitative estimate of drug-likeness (QED) is 0.587. The maximum atomic E-state index is 12.9. The maximum absolute atomic E-state index is 12.9. The van der Waals surface area contributed by atoms with E-state index in [-0.39, 0.29) is 5.96 Å². The number of rotatable bonds is 2. The number of benzene rings is 1. The highest BCUT2D eigenvalue weighted by Crippen LogP contribution is 2.17. The van der Waals surface area contributed by atoms with E-state index < -0.39 is 5.82 Å². The molecule has 0 fully saturated rings. The molecule has 0 radical (unpaired) electrons. The summed E-state index contributed by atoms with van der Waals surface area (Å²) in [5.41, 5.74) is 5.98. The van der Waals surface area contributed by atoms with Crippen LogP contribution in [-0.4, -0.2) is 12.5 Å². The molecule has 0 amide bonds. The number of guanidine groups is 1. The van der Waals surface area contributed by atoms with Gasteiger partial charge in [-0.25, -0.2) is 4.39 Å². The van der Waals surface area contributed by atoms with Gasteiger partial charge in [0, 0.05) is 17.3 Å². The zero-order valence-corrected chi connectivity index (χ0v) is 8.48. The van der Waals surface area contributed by atoms with Crippen molar-refractivity contribution in [1.82, 2.24) is 0 Å². The number of hydrogen-bond acceptors (Lipinski definition) is 1. The molecule has 0 unspecified atom stereocenters. The lowest BCUT2D eigenvalue weighted by molar-refractivity contribution is 0.628. The van der Waals surface area contributed by atoms with E-state index in [1.165, 1.54) is 12.1 Å². The Morgan fingerprint density at radius 2 is 2.29 bits per heavy atom. The summed E-state index contributed by atoms with van der Waals surface area (Å²) in [7, 11) is 0. The van der Waals surface area contributed by atoms with E-state index in [1.807, 2.05) is 6.92 Å². The molecule has 1 aromatic rings. The monoisotopic (exact) mass is 215 g/mol. The molecular formula is C9H11ClFN3. The molecule has 0 saturated heterocycles. The summed E-state index contributed by atoms with van der Waals surface area (Å²) in [6.45, 7) is 2.43. The highest BCUT2D eigenvalue weighted by Gasteiger charge is 1.99. The summed E-state index contributed by atoms with van der Waals surface area (Å²) in [5.74, 6) is -0.168. The maximum Gasteiger partial charge on any atom is 0.193 e. The van der Waals surface area contributed by atoms with Crippen LogP contribution in [0.3, 0.4) is 0 Å². The van der Waals surface area contributed by atoms with Gasteiger partial charge in [-0.05, 0) is 25.1 Å². The van der Waals surface area contributed by atoms with Gasteiger partial charge in [-0.1, -0.05) is 11.6 Å². The second kappa shape index (κ2) is 4.81. The SMILES string of the molecule is CCN=C(N)Nc1cc(F)cc(Cl)c1. The normalized spacial score (nSPS) is 11.5. The molecule has 3 N–H and O–H groups in total. The summed E-state index contributed by atoms with van der Waals surface area (Å²) < 4.78 is 12.9. The zero-order valence-electron chi connectivity index (χ0n) is 7.72. The van der Waals surface area contributed by atoms with Crippen LogP contribution in [0.2, 0.25) is 5.02 Å². The number of anilines is 1. The number of nitrogens with two attached hydrogens (primary N) is 1. The van der Waals surface area contributed by atoms with Crippen molar-refractivity contribution in [2.75, 3.05) is 11.9 Å². The number of aliphatic imine (C=N–C) groups is 1. The van der Waals surface area contributed by atoms with Gasteiger partial charge in [0.1, 0.15) is 5.82 Å². The topological polar surface area (TPSA) is 50.4 Å². The molecule has 1 aromatic carbocycles. The molecule has 76 valence electrons. The Hall–Kier alpha value is -1.29. The van der Waals surface area contributed by atoms with E-state index in [4.69, 9.17) is 17.3 Å². The molecule has 1 rings (SSSR count). The van der Waals surface area contributed by atoms with Crippen molar-refractivity contribution in [3.63, 3.8) is 0 Å². The average molecular weight is 216 g/mol. The fourth-order valence-electron chi connectivity index (χ4n) is 0.984. The fraction of sp³-hybridized carbons (Fsp3) is 0.222. The predicted octanol–water partition coefficient (Wildman–Crippen LogP) is 2.23. The van der Waals surface area contributed by atoms with Gasteiger partial charge in [-0.2, -0.15) is 0 Å². The van der Waals surface area contributed by atoms with Gasteiger partial charge in [-0.15, -0.1) is 0 Å². The van der Waals surface area contributed by atoms with E-state index in [2.05, 4.69) is 10.3 Å². The third-order valence-corrected chi connectivity index (χ3v) is 1.68. The van der Waals surface area contributed by atoms with Crippen molar-refractivity contribution in [1.29, 1.82) is 0 Å². The first-order valence-electron chi connectivity index (χ1n) is 4.15. The van der Waals surface area contributed by atoms with E-state index in [9.17, 15) is 4.39 Å². The van der Waals surface area contributed by atoms with E-state index in [1.54, 1.807) is 6.07 Å². The molecule has 0 aliphatic carbocycles. The van der Waals surface area contributed by atoms with Crippen LogP contribution in [0.25, 0.3) is 0 Å². The molecule has 14 heavy (non-hydrogen) atoms. The number of halogens is 2. The highest BCUT2D eigenvalue weighted by molar-refractivity contribution is 6.30. The predicted molar refractivity (Wildman–Crippen MR) is 57.2 cm³/mol. The van der Waals surface area contributed by atoms with Crippen molar-refractivity contribution < 1.29 is 4.39 Å². The first kappa shape index (κ1) is 10.8. The summed E-state index contributed by atoms with van der Waals surface area (Å²) in [4.78, 5) is 3.90. The molecular weight excluding hydrogens is 205 g/mol. The van der Waals surface area contributed by atoms with Gasteiger partial charge < -0.3 is 11.1 Å². The molecule has 0 aromatic heterocycles. The van der Waals surface area contributed by atoms with Gasteiger partial charge in [0.2, 0.25) is 0 Å². The van der Waals surface area contributed by atoms with Crippen molar-refractivity contribution in [3.8, 4) is 0 Å². The summed E-state index contributed by atoms with van der Waals surface area (Å²) >= 11 is 5.65. The molecule has 0 bridgehead atoms. The number of nitrogens with zero attached hydrogens (tertiary/aromatic N) is 1. The smallest absolute Gasteiger partial charge is 0.193 e. The van der Waals surface area contributed by atoms with Crippen LogP contribution in [0.5, 0.6) is 0 Å². The zero-order chi connectivity index (χ0) is 10.6. The Morgan fingerprint density at radius 3 is 2.86 bits per heavy atom. The third-order valence-electron chi connectivity index (χ3n) is 1.46. The van der Waals surface area contributed by atoms with Crippen molar-refractivity contribution in [2.24, 2.45) is 10.7 Å². The second-order valence-corrected chi connectivity index (χ2v) is 3.08. The lowest BCUT2D eigenvalue weighted by atomic mass is 10.3. The van der Waals surface area contributed by atoms with Crippen LogP contribution in [0, 0.1) is 5.82 Å². The summed E-state index contributed by atoms with van der Waals surface area (Å²) in [6.07, 6.45) is 0. The number of nitrogens with one attached hydrogen (secondary N) is 1. The first-order chi connectivity index (χ1) is 6.61. The molecule has 0 aliphatic rings. The first-order valence-corrected chi connectivity index (χ1v) is 4.52. The minimum atomic E-state index is -0.413. The average Bonchev–Trinajstić information content (AvgIpc) is 2.01. The Kier molecular flexibility index (Phi) is 3.71. The van der Waals surface area contributed by atoms with Crippen LogP contribution >= 0.6 is 11.6 Å². The molecule has 0 atom stereocenters. The van der Waals surface area contributed by atoms with Gasteiger partial charge in [0.25, 0.3) is 0 Å². The molecule has 5 heteroatoms. The summed E-state index contributed by atoms with van der Waals surface area (Å²) in [6, 6.07) is 4.09. The van der Waals surface area contributed by atoms with E-state index in [0.717, 1.165) is 0 Å². The molecule has 3 nitrogen and oxygen atoms in total. The molecule has 0 spiro atoms. The van der Waals surface area contributed by atoms with Gasteiger partial charge in [-0.3, -0.25) is 4.99 Å². The lowest BCUT2D eigenvalue weighted by Gasteiger charge is -2.05. The Balaban J connectivity index is 2.81. The Bertz CT molecular complexity index is 332. The van der Waals surface area contributed by atoms with E-state index >= 15 is 0 Å². The fourth-order valence-corrected chi connectivity index (χ4v) is 1.21. The third kappa shape index (κ3) is 3.22. The van der Waals surface area contributed by atoms with Crippen molar-refractivity contribution in [2.45, 2.75) is 6.92 Å². The number of hydrogen-bond donors (Lipinski definition) is 2. The van der Waals surface area contributed by atoms with Crippen LogP contribution < -0.4 is 11.1 Å². The van der Waals surface area contributed by atoms with Crippen LogP contribution in [0.15, 0.2) is 23.2 Å². The van der Waals surface area contributed by atoms with Gasteiger partial charge >= 0.3 is 0 Å². The van der Waals surface area contributed by atoms with Crippen LogP contribution in [0.4, 0.5) is 10.1 Å². The molecule has 0 heterocycles. The Labute approximate surface area is 86.8 Å². The van der Waals surface area contributed by atoms with Gasteiger partial charge in [0.05, 0.1) is 0 Å². The van der Waals surface area contributed by atoms with Crippen LogP contribution in [-0.2, 0) is 0 Å². The van der Waals surface area contributed by atoms with Crippen molar-refractivity contribution in [3.05, 3.63) is 29.0 Å². The molecule has 0 aliphatic heterocycles. The van der Waals surface area contributed by atoms with Crippen molar-refractivity contribution >= 4 is 23.2 Å². The lowest BCUT2D eigenvalue weighted by Crippen LogP contribution is -2.22. The van der Waals surface area contributed by atoms with E-state index in [0.29, 0.717) is 17.3 Å². The molecule has 0 saturated carbocycles. The standard InChI is InChI=1S/C9H11ClFN3/c1-2-13-9(12)14-8-4-6(10)3-7(11)5-8/h3-5H,2H2,1H3,(H3,12,13,14). The van der Waals surface area contributed by atoms with Crippen LogP contribution in [0.1, 0.15) is 6.92 Å².